The Morgan fingerprint density at radius 3 is 2.12 bits per heavy atom. The lowest BCUT2D eigenvalue weighted by molar-refractivity contribution is -0.132. The van der Waals surface area contributed by atoms with E-state index in [-0.39, 0.29) is 22.2 Å². The summed E-state index contributed by atoms with van der Waals surface area (Å²) in [6.07, 6.45) is 1.09. The highest BCUT2D eigenvalue weighted by atomic mass is 32.2. The molecule has 2 aromatic rings. The van der Waals surface area contributed by atoms with E-state index in [1.54, 1.807) is 29.7 Å². The molecule has 1 aliphatic carbocycles. The van der Waals surface area contributed by atoms with Gasteiger partial charge >= 0.3 is 12.3 Å². The molecule has 0 saturated heterocycles. The predicted molar refractivity (Wildman–Crippen MR) is 118 cm³/mol. The minimum Gasteiger partial charge on any atom is -0.348 e. The van der Waals surface area contributed by atoms with E-state index in [4.69, 9.17) is 0 Å². The number of alkyl halides is 2. The Kier molecular flexibility index (Phi) is 8.80. The first kappa shape index (κ1) is 26.1. The van der Waals surface area contributed by atoms with Crippen molar-refractivity contribution in [2.45, 2.75) is 56.9 Å². The standard InChI is InChI=1S/C19H21F2N5O4S.C2H6/c1-12-3-5-14(6-4-12)31(29,30)11-19(7-2-8-19)24-18-22-9-13(10-23-18)16(27)25-26-17(28)15(20)21;1-2/h3-6,9-10,15H,2,7-8,11H2,1H3,(H,25,27)(H,26,28)(H,22,23,24);1-2H3. The molecule has 0 spiro atoms. The third kappa shape index (κ3) is 6.91. The van der Waals surface area contributed by atoms with Gasteiger partial charge in [-0.2, -0.15) is 8.78 Å². The summed E-state index contributed by atoms with van der Waals surface area (Å²) in [5.41, 5.74) is 3.56. The molecule has 1 fully saturated rings. The van der Waals surface area contributed by atoms with Crippen LogP contribution in [0.2, 0.25) is 0 Å². The van der Waals surface area contributed by atoms with Gasteiger partial charge in [-0.05, 0) is 38.3 Å². The highest BCUT2D eigenvalue weighted by molar-refractivity contribution is 7.91. The molecule has 1 heterocycles. The molecule has 1 saturated carbocycles. The van der Waals surface area contributed by atoms with E-state index in [2.05, 4.69) is 15.3 Å². The number of halogens is 2. The number of aryl methyl sites for hydroxylation is 1. The van der Waals surface area contributed by atoms with Crippen LogP contribution in [0.15, 0.2) is 41.6 Å². The fraction of sp³-hybridized carbons (Fsp3) is 0.429. The van der Waals surface area contributed by atoms with Crippen molar-refractivity contribution < 1.29 is 26.8 Å². The largest absolute Gasteiger partial charge is 0.348 e. The Balaban J connectivity index is 0.00000187. The fourth-order valence-corrected chi connectivity index (χ4v) is 4.90. The minimum atomic E-state index is -3.54. The Morgan fingerprint density at radius 1 is 1.06 bits per heavy atom. The van der Waals surface area contributed by atoms with E-state index in [0.29, 0.717) is 12.8 Å². The lowest BCUT2D eigenvalue weighted by Crippen LogP contribution is -2.51. The molecule has 0 atom stereocenters. The van der Waals surface area contributed by atoms with Crippen LogP contribution in [0.5, 0.6) is 0 Å². The molecule has 0 aliphatic heterocycles. The smallest absolute Gasteiger partial charge is 0.317 e. The molecule has 1 aromatic heterocycles. The Morgan fingerprint density at radius 2 is 1.64 bits per heavy atom. The maximum Gasteiger partial charge on any atom is 0.317 e. The molecular formula is C21H27F2N5O4S. The molecule has 1 aromatic carbocycles. The van der Waals surface area contributed by atoms with Gasteiger partial charge in [-0.1, -0.05) is 31.5 Å². The van der Waals surface area contributed by atoms with Gasteiger partial charge in [0.25, 0.3) is 5.91 Å². The first-order valence-corrected chi connectivity index (χ1v) is 12.0. The summed E-state index contributed by atoms with van der Waals surface area (Å²) in [6, 6.07) is 6.64. The van der Waals surface area contributed by atoms with Crippen LogP contribution in [0.1, 0.15) is 49.0 Å². The molecule has 1 aliphatic rings. The van der Waals surface area contributed by atoms with Crippen LogP contribution >= 0.6 is 0 Å². The number of hydrazine groups is 1. The zero-order chi connectivity index (χ0) is 24.6. The molecule has 2 amide bonds. The van der Waals surface area contributed by atoms with Gasteiger partial charge in [0.2, 0.25) is 5.95 Å². The van der Waals surface area contributed by atoms with Crippen molar-refractivity contribution >= 4 is 27.6 Å². The summed E-state index contributed by atoms with van der Waals surface area (Å²) in [7, 11) is -3.54. The van der Waals surface area contributed by atoms with Crippen LogP contribution in [0.4, 0.5) is 14.7 Å². The van der Waals surface area contributed by atoms with Gasteiger partial charge in [0.05, 0.1) is 21.8 Å². The Hall–Kier alpha value is -3.15. The van der Waals surface area contributed by atoms with Crippen LogP contribution in [-0.2, 0) is 14.6 Å². The van der Waals surface area contributed by atoms with Gasteiger partial charge in [-0.15, -0.1) is 0 Å². The normalized spacial score (nSPS) is 14.4. The monoisotopic (exact) mass is 483 g/mol. The van der Waals surface area contributed by atoms with E-state index in [1.807, 2.05) is 26.2 Å². The van der Waals surface area contributed by atoms with Crippen LogP contribution < -0.4 is 16.2 Å². The molecule has 0 bridgehead atoms. The van der Waals surface area contributed by atoms with Crippen LogP contribution in [0, 0.1) is 6.92 Å². The second kappa shape index (κ2) is 11.1. The summed E-state index contributed by atoms with van der Waals surface area (Å²) in [5.74, 6) is -2.52. The number of nitrogens with zero attached hydrogens (tertiary/aromatic N) is 2. The van der Waals surface area contributed by atoms with Crippen molar-refractivity contribution in [2.24, 2.45) is 0 Å². The zero-order valence-corrected chi connectivity index (χ0v) is 19.4. The molecule has 0 unspecified atom stereocenters. The van der Waals surface area contributed by atoms with Crippen LogP contribution in [0.25, 0.3) is 0 Å². The van der Waals surface area contributed by atoms with Crippen molar-refractivity contribution in [1.29, 1.82) is 0 Å². The van der Waals surface area contributed by atoms with Crippen molar-refractivity contribution in [3.8, 4) is 0 Å². The van der Waals surface area contributed by atoms with Crippen molar-refractivity contribution in [3.63, 3.8) is 0 Å². The number of hydrogen-bond acceptors (Lipinski definition) is 7. The second-order valence-corrected chi connectivity index (χ2v) is 9.36. The topological polar surface area (TPSA) is 130 Å². The molecule has 0 radical (unpaired) electrons. The molecule has 3 rings (SSSR count). The van der Waals surface area contributed by atoms with Crippen molar-refractivity contribution in [3.05, 3.63) is 47.8 Å². The van der Waals surface area contributed by atoms with Gasteiger partial charge in [0.15, 0.2) is 9.84 Å². The van der Waals surface area contributed by atoms with Gasteiger partial charge in [0.1, 0.15) is 0 Å². The second-order valence-electron chi connectivity index (χ2n) is 7.37. The highest BCUT2D eigenvalue weighted by Gasteiger charge is 2.42. The average molecular weight is 484 g/mol. The summed E-state index contributed by atoms with van der Waals surface area (Å²) in [4.78, 5) is 30.9. The molecule has 3 N–H and O–H groups in total. The van der Waals surface area contributed by atoms with Gasteiger partial charge < -0.3 is 5.32 Å². The summed E-state index contributed by atoms with van der Waals surface area (Å²) in [6.45, 7) is 5.87. The van der Waals surface area contributed by atoms with E-state index in [1.165, 1.54) is 0 Å². The lowest BCUT2D eigenvalue weighted by atomic mass is 9.78. The number of carbonyl (C=O) groups is 2. The Labute approximate surface area is 191 Å². The SMILES string of the molecule is CC.Cc1ccc(S(=O)(=O)CC2(Nc3ncc(C(=O)NNC(=O)C(F)F)cn3)CCC2)cc1. The average Bonchev–Trinajstić information content (AvgIpc) is 2.77. The number of sulfone groups is 1. The maximum atomic E-state index is 12.8. The molecular weight excluding hydrogens is 456 g/mol. The lowest BCUT2D eigenvalue weighted by Gasteiger charge is -2.42. The number of carbonyl (C=O) groups excluding carboxylic acids is 2. The maximum absolute atomic E-state index is 12.8. The highest BCUT2D eigenvalue weighted by Crippen LogP contribution is 2.37. The van der Waals surface area contributed by atoms with Crippen molar-refractivity contribution in [2.75, 3.05) is 11.1 Å². The fourth-order valence-electron chi connectivity index (χ4n) is 3.09. The van der Waals surface area contributed by atoms with Crippen molar-refractivity contribution in [1.82, 2.24) is 20.8 Å². The van der Waals surface area contributed by atoms with Gasteiger partial charge in [0, 0.05) is 12.4 Å². The first-order valence-electron chi connectivity index (χ1n) is 10.4. The van der Waals surface area contributed by atoms with Crippen LogP contribution in [0.3, 0.4) is 0 Å². The molecule has 33 heavy (non-hydrogen) atoms. The van der Waals surface area contributed by atoms with Gasteiger partial charge in [-0.25, -0.2) is 18.4 Å². The summed E-state index contributed by atoms with van der Waals surface area (Å²) >= 11 is 0. The van der Waals surface area contributed by atoms with E-state index >= 15 is 0 Å². The summed E-state index contributed by atoms with van der Waals surface area (Å²) < 4.78 is 49.9. The summed E-state index contributed by atoms with van der Waals surface area (Å²) in [5, 5.41) is 3.06. The van der Waals surface area contributed by atoms with Gasteiger partial charge in [-0.3, -0.25) is 20.4 Å². The first-order chi connectivity index (χ1) is 15.6. The number of nitrogens with one attached hydrogen (secondary N) is 3. The third-order valence-electron chi connectivity index (χ3n) is 4.95. The van der Waals surface area contributed by atoms with E-state index in [9.17, 15) is 26.8 Å². The number of aromatic nitrogens is 2. The Bertz CT molecular complexity index is 1060. The quantitative estimate of drug-likeness (QED) is 0.516. The molecule has 12 heteroatoms. The number of amides is 2. The number of benzene rings is 1. The zero-order valence-electron chi connectivity index (χ0n) is 18.6. The number of rotatable bonds is 7. The molecule has 9 nitrogen and oxygen atoms in total. The predicted octanol–water partition coefficient (Wildman–Crippen LogP) is 2.65. The minimum absolute atomic E-state index is 0.0740. The van der Waals surface area contributed by atoms with E-state index in [0.717, 1.165) is 24.4 Å². The van der Waals surface area contributed by atoms with E-state index < -0.39 is 33.6 Å². The molecule has 180 valence electrons. The van der Waals surface area contributed by atoms with Crippen LogP contribution in [-0.4, -0.2) is 47.9 Å². The third-order valence-corrected chi connectivity index (χ3v) is 6.87. The number of anilines is 1. The number of hydrogen-bond donors (Lipinski definition) is 3.